The van der Waals surface area contributed by atoms with Crippen molar-refractivity contribution in [2.45, 2.75) is 16.2 Å². The molecule has 0 atom stereocenters. The lowest BCUT2D eigenvalue weighted by Crippen LogP contribution is -2.13. The number of sulfone groups is 1. The Morgan fingerprint density at radius 2 is 1.75 bits per heavy atom. The van der Waals surface area contributed by atoms with Gasteiger partial charge in [-0.2, -0.15) is 0 Å². The van der Waals surface area contributed by atoms with E-state index >= 15 is 0 Å². The van der Waals surface area contributed by atoms with Gasteiger partial charge in [-0.15, -0.1) is 0 Å². The van der Waals surface area contributed by atoms with Crippen LogP contribution in [0.1, 0.15) is 5.56 Å². The van der Waals surface area contributed by atoms with Gasteiger partial charge in [-0.25, -0.2) is 8.42 Å². The molecule has 1 aliphatic rings. The molecule has 6 heteroatoms. The normalized spacial score (nSPS) is 14.8. The van der Waals surface area contributed by atoms with Gasteiger partial charge >= 0.3 is 5.97 Å². The Kier molecular flexibility index (Phi) is 2.76. The molecule has 0 saturated heterocycles. The van der Waals surface area contributed by atoms with E-state index in [4.69, 9.17) is 9.84 Å². The molecule has 3 rings (SSSR count). The second-order valence-electron chi connectivity index (χ2n) is 4.37. The fraction of sp³-hybridized carbons (Fsp3) is 0.0714. The minimum atomic E-state index is -3.68. The Morgan fingerprint density at radius 3 is 2.50 bits per heavy atom. The molecule has 0 radical (unpaired) electrons. The Morgan fingerprint density at radius 1 is 1.05 bits per heavy atom. The average Bonchev–Trinajstić information content (AvgIpc) is 2.39. The fourth-order valence-electron chi connectivity index (χ4n) is 2.18. The van der Waals surface area contributed by atoms with Gasteiger partial charge in [0, 0.05) is 5.56 Å². The van der Waals surface area contributed by atoms with Gasteiger partial charge in [0.05, 0.1) is 6.42 Å². The molecule has 5 nitrogen and oxygen atoms in total. The van der Waals surface area contributed by atoms with E-state index in [2.05, 4.69) is 0 Å². The highest BCUT2D eigenvalue weighted by Gasteiger charge is 2.32. The number of carboxylic acid groups (broad SMARTS) is 1. The molecule has 0 spiro atoms. The van der Waals surface area contributed by atoms with Gasteiger partial charge in [-0.05, 0) is 18.2 Å². The zero-order valence-corrected chi connectivity index (χ0v) is 11.1. The van der Waals surface area contributed by atoms with Crippen molar-refractivity contribution in [3.63, 3.8) is 0 Å². The molecular formula is C14H10O5S. The summed E-state index contributed by atoms with van der Waals surface area (Å²) in [5.41, 5.74) is 0.341. The van der Waals surface area contributed by atoms with Gasteiger partial charge in [0.25, 0.3) is 0 Å². The summed E-state index contributed by atoms with van der Waals surface area (Å²) in [5, 5.41) is 8.89. The first-order valence-electron chi connectivity index (χ1n) is 5.86. The summed E-state index contributed by atoms with van der Waals surface area (Å²) in [7, 11) is -3.68. The molecule has 0 aliphatic carbocycles. The third-order valence-corrected chi connectivity index (χ3v) is 4.86. The van der Waals surface area contributed by atoms with Crippen molar-refractivity contribution in [2.24, 2.45) is 0 Å². The molecule has 0 amide bonds. The highest BCUT2D eigenvalue weighted by Crippen LogP contribution is 2.44. The summed E-state index contributed by atoms with van der Waals surface area (Å²) in [6.45, 7) is 0. The smallest absolute Gasteiger partial charge is 0.307 e. The summed E-state index contributed by atoms with van der Waals surface area (Å²) in [5.74, 6) is -0.718. The SMILES string of the molecule is O=C(O)Cc1cccc2c1Oc1ccccc1S2(=O)=O. The predicted molar refractivity (Wildman–Crippen MR) is 69.7 cm³/mol. The molecule has 2 aromatic rings. The maximum Gasteiger partial charge on any atom is 0.307 e. The lowest BCUT2D eigenvalue weighted by Gasteiger charge is -2.22. The van der Waals surface area contributed by atoms with Crippen LogP contribution in [-0.2, 0) is 21.1 Å². The third-order valence-electron chi connectivity index (χ3n) is 3.04. The maximum atomic E-state index is 12.5. The van der Waals surface area contributed by atoms with Crippen LogP contribution in [0.5, 0.6) is 11.5 Å². The monoisotopic (exact) mass is 290 g/mol. The molecule has 0 fully saturated rings. The standard InChI is InChI=1S/C14H10O5S/c15-13(16)8-9-4-3-7-12-14(9)19-10-5-1-2-6-11(10)20(12,17)18/h1-7H,8H2,(H,15,16). The number of carbonyl (C=O) groups is 1. The van der Waals surface area contributed by atoms with Crippen LogP contribution in [0.3, 0.4) is 0 Å². The van der Waals surface area contributed by atoms with Crippen molar-refractivity contribution in [3.8, 4) is 11.5 Å². The average molecular weight is 290 g/mol. The van der Waals surface area contributed by atoms with E-state index in [1.165, 1.54) is 18.2 Å². The van der Waals surface area contributed by atoms with Crippen molar-refractivity contribution in [1.82, 2.24) is 0 Å². The van der Waals surface area contributed by atoms with Crippen LogP contribution in [0.15, 0.2) is 52.3 Å². The molecule has 1 aliphatic heterocycles. The van der Waals surface area contributed by atoms with Crippen LogP contribution in [0.2, 0.25) is 0 Å². The van der Waals surface area contributed by atoms with Gasteiger partial charge < -0.3 is 9.84 Å². The Hall–Kier alpha value is -2.34. The number of aliphatic carboxylic acids is 1. The predicted octanol–water partition coefficient (Wildman–Crippen LogP) is 2.25. The number of hydrogen-bond donors (Lipinski definition) is 1. The van der Waals surface area contributed by atoms with Gasteiger partial charge in [0.2, 0.25) is 9.84 Å². The summed E-state index contributed by atoms with van der Waals surface area (Å²) in [6, 6.07) is 10.8. The molecule has 1 heterocycles. The molecular weight excluding hydrogens is 280 g/mol. The minimum absolute atomic E-state index is 0.00921. The third kappa shape index (κ3) is 1.85. The van der Waals surface area contributed by atoms with E-state index in [0.717, 1.165) is 0 Å². The molecule has 102 valence electrons. The molecule has 0 aromatic heterocycles. The second kappa shape index (κ2) is 4.35. The van der Waals surface area contributed by atoms with Crippen LogP contribution >= 0.6 is 0 Å². The van der Waals surface area contributed by atoms with Gasteiger partial charge in [0.1, 0.15) is 21.3 Å². The van der Waals surface area contributed by atoms with Crippen LogP contribution in [0, 0.1) is 0 Å². The topological polar surface area (TPSA) is 80.7 Å². The van der Waals surface area contributed by atoms with E-state index < -0.39 is 15.8 Å². The first-order chi connectivity index (χ1) is 9.50. The van der Waals surface area contributed by atoms with E-state index in [1.807, 2.05) is 0 Å². The molecule has 0 saturated carbocycles. The first-order valence-corrected chi connectivity index (χ1v) is 7.34. The Balaban J connectivity index is 2.25. The number of benzene rings is 2. The zero-order chi connectivity index (χ0) is 14.3. The van der Waals surface area contributed by atoms with E-state index in [-0.39, 0.29) is 27.7 Å². The molecule has 0 unspecified atom stereocenters. The quantitative estimate of drug-likeness (QED) is 0.783. The van der Waals surface area contributed by atoms with Crippen molar-refractivity contribution >= 4 is 15.8 Å². The number of hydrogen-bond acceptors (Lipinski definition) is 4. The summed E-state index contributed by atoms with van der Waals surface area (Å²) >= 11 is 0. The first kappa shape index (κ1) is 12.7. The number of fused-ring (bicyclic) bond motifs is 2. The van der Waals surface area contributed by atoms with Crippen LogP contribution in [0.25, 0.3) is 0 Å². The molecule has 20 heavy (non-hydrogen) atoms. The van der Waals surface area contributed by atoms with Crippen molar-refractivity contribution in [1.29, 1.82) is 0 Å². The number of ether oxygens (including phenoxy) is 1. The second-order valence-corrected chi connectivity index (χ2v) is 6.25. The fourth-order valence-corrected chi connectivity index (χ4v) is 3.72. The van der Waals surface area contributed by atoms with E-state index in [9.17, 15) is 13.2 Å². The number of para-hydroxylation sites is 2. The van der Waals surface area contributed by atoms with Crippen LogP contribution in [0.4, 0.5) is 0 Å². The zero-order valence-electron chi connectivity index (χ0n) is 10.2. The van der Waals surface area contributed by atoms with E-state index in [1.54, 1.807) is 24.3 Å². The molecule has 1 N–H and O–H groups in total. The summed E-state index contributed by atoms with van der Waals surface area (Å²) < 4.78 is 30.6. The van der Waals surface area contributed by atoms with Crippen molar-refractivity contribution < 1.29 is 23.1 Å². The summed E-state index contributed by atoms with van der Waals surface area (Å²) in [6.07, 6.45) is -0.291. The number of rotatable bonds is 2. The maximum absolute atomic E-state index is 12.5. The van der Waals surface area contributed by atoms with Crippen LogP contribution in [-0.4, -0.2) is 19.5 Å². The largest absolute Gasteiger partial charge is 0.481 e. The lowest BCUT2D eigenvalue weighted by atomic mass is 10.1. The molecule has 0 bridgehead atoms. The van der Waals surface area contributed by atoms with Crippen LogP contribution < -0.4 is 4.74 Å². The molecule has 2 aromatic carbocycles. The van der Waals surface area contributed by atoms with Gasteiger partial charge in [-0.3, -0.25) is 4.79 Å². The summed E-state index contributed by atoms with van der Waals surface area (Å²) in [4.78, 5) is 11.0. The highest BCUT2D eigenvalue weighted by atomic mass is 32.2. The Labute approximate surface area is 115 Å². The Bertz CT molecular complexity index is 808. The number of carboxylic acids is 1. The van der Waals surface area contributed by atoms with Crippen molar-refractivity contribution in [3.05, 3.63) is 48.0 Å². The van der Waals surface area contributed by atoms with Crippen molar-refractivity contribution in [2.75, 3.05) is 0 Å². The lowest BCUT2D eigenvalue weighted by molar-refractivity contribution is -0.136. The van der Waals surface area contributed by atoms with Gasteiger partial charge in [0.15, 0.2) is 0 Å². The highest BCUT2D eigenvalue weighted by molar-refractivity contribution is 7.91. The van der Waals surface area contributed by atoms with Gasteiger partial charge in [-0.1, -0.05) is 24.3 Å². The minimum Gasteiger partial charge on any atom is -0.481 e. The van der Waals surface area contributed by atoms with E-state index in [0.29, 0.717) is 5.56 Å².